The van der Waals surface area contributed by atoms with E-state index in [1.807, 2.05) is 0 Å². The summed E-state index contributed by atoms with van der Waals surface area (Å²) >= 11 is 0. The van der Waals surface area contributed by atoms with Gasteiger partial charge in [-0.25, -0.2) is 0 Å². The summed E-state index contributed by atoms with van der Waals surface area (Å²) in [6, 6.07) is 4.81. The molecule has 0 N–H and O–H groups in total. The molecule has 0 atom stereocenters. The summed E-state index contributed by atoms with van der Waals surface area (Å²) in [7, 11) is 0. The van der Waals surface area contributed by atoms with Crippen LogP contribution in [0, 0.1) is 91.0 Å². The van der Waals surface area contributed by atoms with Gasteiger partial charge in [-0.2, -0.15) is 0 Å². The summed E-state index contributed by atoms with van der Waals surface area (Å²) < 4.78 is 0. The first kappa shape index (κ1) is 31.8. The molecule has 0 fully saturated rings. The maximum absolute atomic E-state index is 12.5. The molecule has 27 heteroatoms. The van der Waals surface area contributed by atoms with Gasteiger partial charge in [0, 0.05) is 0 Å². The van der Waals surface area contributed by atoms with Crippen molar-refractivity contribution in [2.45, 2.75) is 0 Å². The van der Waals surface area contributed by atoms with E-state index in [4.69, 9.17) is 0 Å². The highest BCUT2D eigenvalue weighted by Crippen LogP contribution is 2.62. The molecule has 0 amide bonds. The van der Waals surface area contributed by atoms with Crippen molar-refractivity contribution in [2.75, 3.05) is 0 Å². The van der Waals surface area contributed by atoms with Crippen molar-refractivity contribution in [1.82, 2.24) is 0 Å². The fraction of sp³-hybridized carbons (Fsp3) is 0. The van der Waals surface area contributed by atoms with Crippen LogP contribution in [0.4, 0.5) is 51.2 Å². The molecule has 0 heterocycles. The highest BCUT2D eigenvalue weighted by atomic mass is 16.7. The van der Waals surface area contributed by atoms with Gasteiger partial charge < -0.3 is 0 Å². The minimum atomic E-state index is -2.56. The molecule has 0 aliphatic heterocycles. The third-order valence-corrected chi connectivity index (χ3v) is 5.72. The molecular formula is C18H5N9O18. The first-order valence-corrected chi connectivity index (χ1v) is 10.7. The Hall–Kier alpha value is -7.74. The summed E-state index contributed by atoms with van der Waals surface area (Å²) in [5.74, 6) is 0. The predicted molar refractivity (Wildman–Crippen MR) is 137 cm³/mol. The van der Waals surface area contributed by atoms with Gasteiger partial charge in [-0.05, 0) is 5.56 Å². The summed E-state index contributed by atoms with van der Waals surface area (Å²) in [6.45, 7) is 0. The maximum Gasteiger partial charge on any atom is 0.437 e. The minimum Gasteiger partial charge on any atom is -0.258 e. The van der Waals surface area contributed by atoms with Gasteiger partial charge in [0.15, 0.2) is 11.1 Å². The number of nitro benzene ring substituents is 9. The summed E-state index contributed by atoms with van der Waals surface area (Å²) in [4.78, 5) is 91.0. The molecule has 0 radical (unpaired) electrons. The Labute approximate surface area is 239 Å². The number of hydrogen-bond donors (Lipinski definition) is 0. The molecule has 0 saturated heterocycles. The van der Waals surface area contributed by atoms with Crippen LogP contribution in [-0.4, -0.2) is 44.3 Å². The lowest BCUT2D eigenvalue weighted by molar-refractivity contribution is -0.459. The van der Waals surface area contributed by atoms with Crippen LogP contribution in [0.3, 0.4) is 0 Å². The standard InChI is InChI=1S/C18H5N9O18/c28-19(29)10-7(6-4-2-1-3-5-6)11(20(30)31)15(24(38)39)12(21(32)33)8(10)9-13(22(34)35)16(25(40)41)18(27(44)45)17(26(42)43)14(9)23(36)37/h1-5H. The van der Waals surface area contributed by atoms with Crippen LogP contribution in [0.25, 0.3) is 22.3 Å². The minimum absolute atomic E-state index is 0.758. The zero-order valence-electron chi connectivity index (χ0n) is 20.8. The number of benzene rings is 3. The summed E-state index contributed by atoms with van der Waals surface area (Å²) in [5.41, 5.74) is -28.7. The first-order valence-electron chi connectivity index (χ1n) is 10.7. The van der Waals surface area contributed by atoms with Crippen molar-refractivity contribution in [3.05, 3.63) is 121 Å². The van der Waals surface area contributed by atoms with Crippen molar-refractivity contribution in [2.24, 2.45) is 0 Å². The van der Waals surface area contributed by atoms with E-state index in [1.165, 1.54) is 6.07 Å². The van der Waals surface area contributed by atoms with Crippen LogP contribution in [0.5, 0.6) is 0 Å². The van der Waals surface area contributed by atoms with E-state index >= 15 is 0 Å². The van der Waals surface area contributed by atoms with Crippen LogP contribution < -0.4 is 0 Å². The van der Waals surface area contributed by atoms with Crippen LogP contribution >= 0.6 is 0 Å². The quantitative estimate of drug-likeness (QED) is 0.210. The van der Waals surface area contributed by atoms with Crippen molar-refractivity contribution in [3.63, 3.8) is 0 Å². The average molecular weight is 635 g/mol. The van der Waals surface area contributed by atoms with Crippen molar-refractivity contribution < 1.29 is 44.3 Å². The lowest BCUT2D eigenvalue weighted by Gasteiger charge is -2.12. The molecule has 0 spiro atoms. The van der Waals surface area contributed by atoms with Gasteiger partial charge in [-0.15, -0.1) is 0 Å². The molecule has 0 aromatic heterocycles. The fourth-order valence-electron chi connectivity index (χ4n) is 4.32. The number of hydrogen-bond acceptors (Lipinski definition) is 18. The molecule has 0 unspecified atom stereocenters. The summed E-state index contributed by atoms with van der Waals surface area (Å²) in [6.07, 6.45) is 0. The Morgan fingerprint density at radius 1 is 0.289 bits per heavy atom. The van der Waals surface area contributed by atoms with Gasteiger partial charge in [0.25, 0.3) is 5.69 Å². The number of rotatable bonds is 11. The molecule has 0 aliphatic rings. The van der Waals surface area contributed by atoms with E-state index in [0.717, 1.165) is 24.3 Å². The molecule has 27 nitrogen and oxygen atoms in total. The van der Waals surface area contributed by atoms with Crippen molar-refractivity contribution in [3.8, 4) is 22.3 Å². The van der Waals surface area contributed by atoms with Gasteiger partial charge in [0.05, 0.1) is 44.3 Å². The molecule has 230 valence electrons. The lowest BCUT2D eigenvalue weighted by Crippen LogP contribution is -2.13. The van der Waals surface area contributed by atoms with Crippen molar-refractivity contribution >= 4 is 51.2 Å². The maximum atomic E-state index is 12.5. The zero-order chi connectivity index (χ0) is 34.2. The molecule has 0 bridgehead atoms. The third-order valence-electron chi connectivity index (χ3n) is 5.72. The highest BCUT2D eigenvalue weighted by Gasteiger charge is 2.59. The second-order valence-corrected chi connectivity index (χ2v) is 7.94. The van der Waals surface area contributed by atoms with Gasteiger partial charge in [0.2, 0.25) is 0 Å². The second-order valence-electron chi connectivity index (χ2n) is 7.94. The van der Waals surface area contributed by atoms with E-state index in [9.17, 15) is 91.0 Å². The molecule has 3 rings (SSSR count). The monoisotopic (exact) mass is 635 g/mol. The Balaban J connectivity index is 3.13. The molecule has 45 heavy (non-hydrogen) atoms. The zero-order valence-corrected chi connectivity index (χ0v) is 20.8. The Morgan fingerprint density at radius 3 is 0.800 bits per heavy atom. The normalized spacial score (nSPS) is 10.5. The summed E-state index contributed by atoms with van der Waals surface area (Å²) in [5, 5.41) is 109. The Morgan fingerprint density at radius 2 is 0.511 bits per heavy atom. The van der Waals surface area contributed by atoms with Crippen LogP contribution in [0.15, 0.2) is 30.3 Å². The SMILES string of the molecule is O=[N+]([O-])c1c(-c2ccccc2)c([N+](=O)[O-])c([N+](=O)[O-])c([N+](=O)[O-])c1-c1c([N+](=O)[O-])c([N+](=O)[O-])c([N+](=O)[O-])c([N+](=O)[O-])c1[N+](=O)[O-]. The van der Waals surface area contributed by atoms with E-state index in [2.05, 4.69) is 0 Å². The largest absolute Gasteiger partial charge is 0.437 e. The van der Waals surface area contributed by atoms with Crippen LogP contribution in [0.1, 0.15) is 0 Å². The molecular weight excluding hydrogens is 630 g/mol. The smallest absolute Gasteiger partial charge is 0.258 e. The van der Waals surface area contributed by atoms with Crippen molar-refractivity contribution in [1.29, 1.82) is 0 Å². The van der Waals surface area contributed by atoms with E-state index in [0.29, 0.717) is 0 Å². The first-order chi connectivity index (χ1) is 20.9. The van der Waals surface area contributed by atoms with E-state index in [-0.39, 0.29) is 0 Å². The molecule has 0 saturated carbocycles. The predicted octanol–water partition coefficient (Wildman–Crippen LogP) is 4.19. The Kier molecular flexibility index (Phi) is 7.96. The number of nitrogens with zero attached hydrogens (tertiary/aromatic N) is 9. The second kappa shape index (κ2) is 11.3. The van der Waals surface area contributed by atoms with Crippen LogP contribution in [0.2, 0.25) is 0 Å². The highest BCUT2D eigenvalue weighted by molar-refractivity contribution is 6.09. The van der Waals surface area contributed by atoms with E-state index in [1.54, 1.807) is 0 Å². The van der Waals surface area contributed by atoms with Gasteiger partial charge in [-0.3, -0.25) is 91.0 Å². The van der Waals surface area contributed by atoms with Gasteiger partial charge in [0.1, 0.15) is 5.56 Å². The van der Waals surface area contributed by atoms with Crippen LogP contribution in [-0.2, 0) is 0 Å². The van der Waals surface area contributed by atoms with Gasteiger partial charge >= 0.3 is 45.5 Å². The third kappa shape index (κ3) is 5.00. The van der Waals surface area contributed by atoms with E-state index < -0.39 is 118 Å². The van der Waals surface area contributed by atoms with Gasteiger partial charge in [-0.1, -0.05) is 30.3 Å². The Bertz CT molecular complexity index is 1900. The molecule has 3 aromatic carbocycles. The number of nitro groups is 9. The topological polar surface area (TPSA) is 388 Å². The molecule has 3 aromatic rings. The molecule has 0 aliphatic carbocycles. The average Bonchev–Trinajstić information content (AvgIpc) is 2.93. The fourth-order valence-corrected chi connectivity index (χ4v) is 4.32. The lowest BCUT2D eigenvalue weighted by atomic mass is 9.89.